The van der Waals surface area contributed by atoms with Crippen LogP contribution in [0.5, 0.6) is 0 Å². The lowest BCUT2D eigenvalue weighted by molar-refractivity contribution is -0.691. The fraction of sp³-hybridized carbons (Fsp3) is 0.441. The van der Waals surface area contributed by atoms with Crippen LogP contribution in [0.1, 0.15) is 48.5 Å². The average Bonchev–Trinajstić information content (AvgIpc) is 3.48. The van der Waals surface area contributed by atoms with Crippen LogP contribution in [0.4, 0.5) is 4.79 Å². The van der Waals surface area contributed by atoms with Crippen molar-refractivity contribution in [1.29, 1.82) is 0 Å². The number of nitrogens with zero attached hydrogens (tertiary/aromatic N) is 2. The largest absolute Gasteiger partial charge is 0.516 e. The lowest BCUT2D eigenvalue weighted by Crippen LogP contribution is -2.52. The number of rotatable bonds is 10. The molecule has 11 heteroatoms. The number of benzene rings is 2. The molecule has 240 valence electrons. The van der Waals surface area contributed by atoms with Crippen molar-refractivity contribution in [3.8, 4) is 11.1 Å². The van der Waals surface area contributed by atoms with Crippen LogP contribution in [0.3, 0.4) is 0 Å². The van der Waals surface area contributed by atoms with Gasteiger partial charge in [0.1, 0.15) is 37.3 Å². The molecular weight excluding hydrogens is 595 g/mol. The van der Waals surface area contributed by atoms with Gasteiger partial charge in [-0.2, -0.15) is 9.36 Å². The third-order valence-corrected chi connectivity index (χ3v) is 10.1. The number of fused-ring (bicyclic) bond motifs is 3. The fourth-order valence-electron chi connectivity index (χ4n) is 6.05. The molecule has 2 heterocycles. The molecule has 0 saturated carbocycles. The highest BCUT2D eigenvalue weighted by Gasteiger charge is 2.44. The summed E-state index contributed by atoms with van der Waals surface area (Å²) in [5.41, 5.74) is 4.49. The Bertz CT molecular complexity index is 1640. The Kier molecular flexibility index (Phi) is 9.80. The molecule has 0 bridgehead atoms. The third-order valence-electron chi connectivity index (χ3n) is 8.62. The van der Waals surface area contributed by atoms with Crippen LogP contribution in [0.25, 0.3) is 11.1 Å². The number of carbonyl (C=O) groups is 2. The lowest BCUT2D eigenvalue weighted by atomic mass is 9.98. The molecule has 2 aliphatic rings. The van der Waals surface area contributed by atoms with Crippen molar-refractivity contribution in [2.45, 2.75) is 56.6 Å². The first-order valence-corrected chi connectivity index (χ1v) is 18.2. The molecule has 45 heavy (non-hydrogen) atoms. The van der Waals surface area contributed by atoms with Crippen LogP contribution in [-0.2, 0) is 32.6 Å². The Morgan fingerprint density at radius 1 is 1.07 bits per heavy atom. The van der Waals surface area contributed by atoms with E-state index in [1.165, 1.54) is 9.13 Å². The van der Waals surface area contributed by atoms with Gasteiger partial charge in [0.2, 0.25) is 0 Å². The molecular formula is C34H42N2O8P+. The molecule has 1 fully saturated rings. The molecule has 1 unspecified atom stereocenters. The summed E-state index contributed by atoms with van der Waals surface area (Å²) in [7, 11) is 1.59. The van der Waals surface area contributed by atoms with Gasteiger partial charge in [0.15, 0.2) is 0 Å². The van der Waals surface area contributed by atoms with Crippen molar-refractivity contribution >= 4 is 25.3 Å². The van der Waals surface area contributed by atoms with Crippen molar-refractivity contribution in [1.82, 2.24) is 4.57 Å². The molecule has 1 aromatic heterocycles. The van der Waals surface area contributed by atoms with Crippen molar-refractivity contribution < 1.29 is 38.6 Å². The van der Waals surface area contributed by atoms with Gasteiger partial charge in [0, 0.05) is 5.92 Å². The van der Waals surface area contributed by atoms with Gasteiger partial charge in [-0.15, -0.1) is 13.2 Å². The summed E-state index contributed by atoms with van der Waals surface area (Å²) in [6.45, 7) is 4.67. The predicted octanol–water partition coefficient (Wildman–Crippen LogP) is 3.45. The minimum absolute atomic E-state index is 0.0342. The molecule has 1 aliphatic carbocycles. The highest BCUT2D eigenvalue weighted by Crippen LogP contribution is 2.44. The molecule has 5 atom stereocenters. The number of aryl methyl sites for hydroxylation is 2. The van der Waals surface area contributed by atoms with Crippen molar-refractivity contribution in [3.05, 3.63) is 88.1 Å². The molecule has 0 spiro atoms. The van der Waals surface area contributed by atoms with Crippen LogP contribution in [-0.4, -0.2) is 77.6 Å². The molecule has 0 radical (unpaired) electrons. The van der Waals surface area contributed by atoms with Crippen LogP contribution >= 0.6 is 6.89 Å². The SMILES string of the molecule is C=P(C)(C)CC[C@H]1O[C@@H](c2cn(CCC(C)C(=O)OC(=O)OCC3c4ccccc4-c4ccccc43)c(=O)[n+](C)c2)[C@H](O)[C@@H]1O. The van der Waals surface area contributed by atoms with E-state index in [2.05, 4.69) is 19.6 Å². The summed E-state index contributed by atoms with van der Waals surface area (Å²) in [6, 6.07) is 15.9. The second kappa shape index (κ2) is 13.4. The number of carbonyl (C=O) groups excluding carboxylic acids is 2. The maximum atomic E-state index is 12.9. The fourth-order valence-corrected chi connectivity index (χ4v) is 7.00. The second-order valence-corrected chi connectivity index (χ2v) is 17.1. The van der Waals surface area contributed by atoms with E-state index in [-0.39, 0.29) is 31.2 Å². The lowest BCUT2D eigenvalue weighted by Gasteiger charge is -2.18. The van der Waals surface area contributed by atoms with E-state index < -0.39 is 49.3 Å². The molecule has 2 aromatic carbocycles. The molecule has 1 saturated heterocycles. The summed E-state index contributed by atoms with van der Waals surface area (Å²) >= 11 is 0. The summed E-state index contributed by atoms with van der Waals surface area (Å²) in [6.07, 6.45) is 4.32. The van der Waals surface area contributed by atoms with E-state index in [0.717, 1.165) is 28.4 Å². The van der Waals surface area contributed by atoms with Crippen LogP contribution in [0.15, 0.2) is 65.7 Å². The van der Waals surface area contributed by atoms with E-state index >= 15 is 0 Å². The third kappa shape index (κ3) is 7.31. The molecule has 1 aliphatic heterocycles. The van der Waals surface area contributed by atoms with Crippen molar-refractivity contribution in [2.24, 2.45) is 13.0 Å². The van der Waals surface area contributed by atoms with E-state index in [0.29, 0.717) is 12.0 Å². The number of hydrogen-bond donors (Lipinski definition) is 2. The summed E-state index contributed by atoms with van der Waals surface area (Å²) < 4.78 is 19.3. The zero-order chi connectivity index (χ0) is 32.5. The normalized spacial score (nSPS) is 21.6. The number of aliphatic hydroxyl groups is 2. The molecule has 2 N–H and O–H groups in total. The zero-order valence-electron chi connectivity index (χ0n) is 26.2. The number of aliphatic hydroxyl groups excluding tert-OH is 2. The van der Waals surface area contributed by atoms with Gasteiger partial charge in [-0.3, -0.25) is 4.79 Å². The van der Waals surface area contributed by atoms with Gasteiger partial charge in [0.25, 0.3) is 0 Å². The Labute approximate surface area is 263 Å². The summed E-state index contributed by atoms with van der Waals surface area (Å²) in [4.78, 5) is 38.1. The Hall–Kier alpha value is -3.56. The highest BCUT2D eigenvalue weighted by molar-refractivity contribution is 7.72. The van der Waals surface area contributed by atoms with Crippen molar-refractivity contribution in [2.75, 3.05) is 26.1 Å². The van der Waals surface area contributed by atoms with Gasteiger partial charge < -0.3 is 24.4 Å². The maximum Gasteiger partial charge on any atom is 0.516 e. The second-order valence-electron chi connectivity index (χ2n) is 12.8. The molecule has 10 nitrogen and oxygen atoms in total. The van der Waals surface area contributed by atoms with E-state index in [1.54, 1.807) is 26.4 Å². The van der Waals surface area contributed by atoms with Gasteiger partial charge in [-0.1, -0.05) is 55.5 Å². The first-order valence-electron chi connectivity index (χ1n) is 15.2. The number of aromatic nitrogens is 2. The minimum atomic E-state index is -1.34. The van der Waals surface area contributed by atoms with Crippen molar-refractivity contribution in [3.63, 3.8) is 0 Å². The van der Waals surface area contributed by atoms with Crippen LogP contribution in [0.2, 0.25) is 0 Å². The van der Waals surface area contributed by atoms with Gasteiger partial charge in [-0.05, 0) is 54.6 Å². The Morgan fingerprint density at radius 2 is 1.69 bits per heavy atom. The van der Waals surface area contributed by atoms with E-state index in [1.807, 2.05) is 48.5 Å². The van der Waals surface area contributed by atoms with E-state index in [9.17, 15) is 24.6 Å². The quantitative estimate of drug-likeness (QED) is 0.150. The van der Waals surface area contributed by atoms with Crippen LogP contribution < -0.4 is 10.3 Å². The van der Waals surface area contributed by atoms with E-state index in [4.69, 9.17) is 14.2 Å². The number of ether oxygens (including phenoxy) is 3. The first kappa shape index (κ1) is 32.8. The Balaban J connectivity index is 1.17. The number of hydrogen-bond acceptors (Lipinski definition) is 8. The van der Waals surface area contributed by atoms with Gasteiger partial charge in [0.05, 0.1) is 31.2 Å². The van der Waals surface area contributed by atoms with Gasteiger partial charge in [-0.25, -0.2) is 9.36 Å². The highest BCUT2D eigenvalue weighted by atomic mass is 31.2. The first-order chi connectivity index (χ1) is 21.3. The molecule has 3 aromatic rings. The maximum absolute atomic E-state index is 12.9. The summed E-state index contributed by atoms with van der Waals surface area (Å²) in [5, 5.41) is 21.4. The Morgan fingerprint density at radius 3 is 2.31 bits per heavy atom. The summed E-state index contributed by atoms with van der Waals surface area (Å²) in [5.74, 6) is -1.62. The standard InChI is InChI=1S/C34H42N2O8P/c1-21(32(39)44-34(41)42-20-27-25-12-8-6-10-23(25)24-11-7-9-13-26(24)27)14-16-36-19-22(18-35(2)33(36)40)31-30(38)29(37)28(43-31)15-17-45(3,4)5/h6-13,18-19,21,27-31,37-38H,3,14-17,20H2,1-2,4-5H3/q+1/t21?,28-,29-,30-,31+/m1/s1. The predicted molar refractivity (Wildman–Crippen MR) is 172 cm³/mol. The topological polar surface area (TPSA) is 128 Å². The van der Waals surface area contributed by atoms with Crippen LogP contribution in [0, 0.1) is 5.92 Å². The molecule has 5 rings (SSSR count). The number of esters is 1. The smallest absolute Gasteiger partial charge is 0.433 e. The average molecular weight is 638 g/mol. The minimum Gasteiger partial charge on any atom is -0.433 e. The zero-order valence-corrected chi connectivity index (χ0v) is 27.1. The monoisotopic (exact) mass is 637 g/mol. The van der Waals surface area contributed by atoms with Gasteiger partial charge >= 0.3 is 17.8 Å². The molecule has 0 amide bonds.